The van der Waals surface area contributed by atoms with E-state index in [9.17, 15) is 9.59 Å². The SMILES string of the molecule is CCOC(=O)N1CCc2c(cncc2C(=O)Nc2cc(Cl)ccc2C)C1. The molecule has 3 rings (SSSR count). The number of hydrogen-bond acceptors (Lipinski definition) is 4. The second kappa shape index (κ2) is 7.74. The predicted octanol–water partition coefficient (Wildman–Crippen LogP) is 3.81. The molecule has 0 bridgehead atoms. The summed E-state index contributed by atoms with van der Waals surface area (Å²) in [5.74, 6) is -0.232. The first-order chi connectivity index (χ1) is 12.5. The number of hydrogen-bond donors (Lipinski definition) is 1. The van der Waals surface area contributed by atoms with Gasteiger partial charge in [-0.1, -0.05) is 17.7 Å². The number of nitrogens with zero attached hydrogens (tertiary/aromatic N) is 2. The van der Waals surface area contributed by atoms with Crippen LogP contribution in [-0.2, 0) is 17.7 Å². The van der Waals surface area contributed by atoms with E-state index in [1.54, 1.807) is 36.4 Å². The quantitative estimate of drug-likeness (QED) is 0.888. The van der Waals surface area contributed by atoms with Crippen molar-refractivity contribution in [3.63, 3.8) is 0 Å². The first kappa shape index (κ1) is 18.2. The lowest BCUT2D eigenvalue weighted by Crippen LogP contribution is -2.37. The van der Waals surface area contributed by atoms with Gasteiger partial charge >= 0.3 is 6.09 Å². The largest absolute Gasteiger partial charge is 0.450 e. The number of carbonyl (C=O) groups is 2. The van der Waals surface area contributed by atoms with Crippen LogP contribution in [0.25, 0.3) is 0 Å². The number of ether oxygens (including phenoxy) is 1. The van der Waals surface area contributed by atoms with Crippen molar-refractivity contribution in [2.45, 2.75) is 26.8 Å². The topological polar surface area (TPSA) is 71.5 Å². The van der Waals surface area contributed by atoms with E-state index >= 15 is 0 Å². The highest BCUT2D eigenvalue weighted by Gasteiger charge is 2.25. The molecule has 2 heterocycles. The number of carbonyl (C=O) groups excluding carboxylic acids is 2. The third-order valence-electron chi connectivity index (χ3n) is 4.36. The smallest absolute Gasteiger partial charge is 0.410 e. The van der Waals surface area contributed by atoms with E-state index in [1.807, 2.05) is 13.0 Å². The molecule has 0 saturated heterocycles. The molecule has 0 atom stereocenters. The van der Waals surface area contributed by atoms with Gasteiger partial charge in [-0.15, -0.1) is 0 Å². The molecule has 0 aliphatic carbocycles. The molecular formula is C19H20ClN3O3. The normalized spacial score (nSPS) is 13.1. The fourth-order valence-electron chi connectivity index (χ4n) is 2.98. The van der Waals surface area contributed by atoms with Crippen molar-refractivity contribution in [1.29, 1.82) is 0 Å². The van der Waals surface area contributed by atoms with E-state index < -0.39 is 0 Å². The van der Waals surface area contributed by atoms with Crippen molar-refractivity contribution >= 4 is 29.3 Å². The number of nitrogens with one attached hydrogen (secondary N) is 1. The van der Waals surface area contributed by atoms with Gasteiger partial charge in [0.15, 0.2) is 0 Å². The number of rotatable bonds is 3. The number of pyridine rings is 1. The van der Waals surface area contributed by atoms with Crippen LogP contribution in [0, 0.1) is 6.92 Å². The van der Waals surface area contributed by atoms with E-state index in [-0.39, 0.29) is 12.0 Å². The van der Waals surface area contributed by atoms with Gasteiger partial charge in [-0.05, 0) is 49.1 Å². The van der Waals surface area contributed by atoms with E-state index in [0.29, 0.717) is 42.4 Å². The minimum atomic E-state index is -0.345. The van der Waals surface area contributed by atoms with Crippen molar-refractivity contribution in [1.82, 2.24) is 9.88 Å². The lowest BCUT2D eigenvalue weighted by Gasteiger charge is -2.28. The van der Waals surface area contributed by atoms with Gasteiger partial charge in [0.25, 0.3) is 5.91 Å². The van der Waals surface area contributed by atoms with E-state index in [2.05, 4.69) is 10.3 Å². The molecule has 0 radical (unpaired) electrons. The maximum absolute atomic E-state index is 12.8. The van der Waals surface area contributed by atoms with Crippen molar-refractivity contribution < 1.29 is 14.3 Å². The Morgan fingerprint density at radius 1 is 1.35 bits per heavy atom. The highest BCUT2D eigenvalue weighted by molar-refractivity contribution is 6.31. The maximum Gasteiger partial charge on any atom is 0.410 e. The van der Waals surface area contributed by atoms with Crippen molar-refractivity contribution in [2.75, 3.05) is 18.5 Å². The summed E-state index contributed by atoms with van der Waals surface area (Å²) in [6.07, 6.45) is 3.49. The molecule has 1 aromatic heterocycles. The molecule has 7 heteroatoms. The molecule has 1 aromatic carbocycles. The van der Waals surface area contributed by atoms with Gasteiger partial charge in [0.05, 0.1) is 18.7 Å². The summed E-state index contributed by atoms with van der Waals surface area (Å²) >= 11 is 6.02. The minimum absolute atomic E-state index is 0.232. The Morgan fingerprint density at radius 2 is 2.15 bits per heavy atom. The summed E-state index contributed by atoms with van der Waals surface area (Å²) in [6, 6.07) is 5.36. The summed E-state index contributed by atoms with van der Waals surface area (Å²) in [7, 11) is 0. The molecule has 1 N–H and O–H groups in total. The summed E-state index contributed by atoms with van der Waals surface area (Å²) < 4.78 is 5.05. The Balaban J connectivity index is 1.82. The Morgan fingerprint density at radius 3 is 2.92 bits per heavy atom. The average Bonchev–Trinajstić information content (AvgIpc) is 2.64. The lowest BCUT2D eigenvalue weighted by atomic mass is 9.97. The second-order valence-electron chi connectivity index (χ2n) is 6.11. The Hall–Kier alpha value is -2.60. The maximum atomic E-state index is 12.8. The van der Waals surface area contributed by atoms with Crippen LogP contribution < -0.4 is 5.32 Å². The Kier molecular flexibility index (Phi) is 5.42. The zero-order valence-electron chi connectivity index (χ0n) is 14.7. The van der Waals surface area contributed by atoms with E-state index in [4.69, 9.17) is 16.3 Å². The summed E-state index contributed by atoms with van der Waals surface area (Å²) in [5.41, 5.74) is 3.89. The summed E-state index contributed by atoms with van der Waals surface area (Å²) in [4.78, 5) is 30.5. The number of fused-ring (bicyclic) bond motifs is 1. The molecule has 0 fully saturated rings. The summed E-state index contributed by atoms with van der Waals surface area (Å²) in [6.45, 7) is 4.91. The molecule has 136 valence electrons. The average molecular weight is 374 g/mol. The monoisotopic (exact) mass is 373 g/mol. The van der Waals surface area contributed by atoms with Crippen LogP contribution >= 0.6 is 11.6 Å². The highest BCUT2D eigenvalue weighted by Crippen LogP contribution is 2.25. The first-order valence-electron chi connectivity index (χ1n) is 8.44. The van der Waals surface area contributed by atoms with Crippen LogP contribution in [-0.4, -0.2) is 35.0 Å². The molecule has 0 spiro atoms. The summed E-state index contributed by atoms with van der Waals surface area (Å²) in [5, 5.41) is 3.46. The van der Waals surface area contributed by atoms with Crippen LogP contribution in [0.5, 0.6) is 0 Å². The molecule has 26 heavy (non-hydrogen) atoms. The zero-order valence-corrected chi connectivity index (χ0v) is 15.5. The van der Waals surface area contributed by atoms with Gasteiger partial charge in [-0.25, -0.2) is 4.79 Å². The molecule has 0 unspecified atom stereocenters. The third-order valence-corrected chi connectivity index (χ3v) is 4.59. The van der Waals surface area contributed by atoms with E-state index in [1.165, 1.54) is 0 Å². The third kappa shape index (κ3) is 3.80. The molecule has 6 nitrogen and oxygen atoms in total. The zero-order chi connectivity index (χ0) is 18.7. The van der Waals surface area contributed by atoms with Gasteiger partial charge in [0.2, 0.25) is 0 Å². The van der Waals surface area contributed by atoms with E-state index in [0.717, 1.165) is 16.7 Å². The van der Waals surface area contributed by atoms with Crippen molar-refractivity contribution in [2.24, 2.45) is 0 Å². The van der Waals surface area contributed by atoms with Gasteiger partial charge in [-0.2, -0.15) is 0 Å². The number of aryl methyl sites for hydroxylation is 1. The number of amides is 2. The molecule has 1 aliphatic heterocycles. The van der Waals surface area contributed by atoms with Gasteiger partial charge in [-0.3, -0.25) is 9.78 Å². The Bertz CT molecular complexity index is 854. The lowest BCUT2D eigenvalue weighted by molar-refractivity contribution is 0.101. The van der Waals surface area contributed by atoms with Crippen molar-refractivity contribution in [3.8, 4) is 0 Å². The molecule has 2 amide bonds. The molecule has 0 saturated carbocycles. The van der Waals surface area contributed by atoms with Crippen molar-refractivity contribution in [3.05, 3.63) is 57.9 Å². The fourth-order valence-corrected chi connectivity index (χ4v) is 3.15. The molecular weight excluding hydrogens is 354 g/mol. The van der Waals surface area contributed by atoms with Crippen LogP contribution in [0.15, 0.2) is 30.6 Å². The standard InChI is InChI=1S/C19H20ClN3O3/c1-3-26-19(25)23-7-6-15-13(11-23)9-21-10-16(15)18(24)22-17-8-14(20)5-4-12(17)2/h4-5,8-10H,3,6-7,11H2,1-2H3,(H,22,24). The van der Waals surface area contributed by atoms with Gasteiger partial charge in [0, 0.05) is 29.6 Å². The second-order valence-corrected chi connectivity index (χ2v) is 6.55. The first-order valence-corrected chi connectivity index (χ1v) is 8.82. The van der Waals surface area contributed by atoms with Crippen LogP contribution in [0.3, 0.4) is 0 Å². The predicted molar refractivity (Wildman–Crippen MR) is 99.5 cm³/mol. The number of halogens is 1. The van der Waals surface area contributed by atoms with Gasteiger partial charge in [0.1, 0.15) is 0 Å². The van der Waals surface area contributed by atoms with Gasteiger partial charge < -0.3 is 15.0 Å². The minimum Gasteiger partial charge on any atom is -0.450 e. The van der Waals surface area contributed by atoms with Crippen LogP contribution in [0.1, 0.15) is 34.0 Å². The number of benzene rings is 1. The van der Waals surface area contributed by atoms with Crippen LogP contribution in [0.4, 0.5) is 10.5 Å². The Labute approximate surface area is 157 Å². The van der Waals surface area contributed by atoms with Crippen LogP contribution in [0.2, 0.25) is 5.02 Å². The fraction of sp³-hybridized carbons (Fsp3) is 0.316. The highest BCUT2D eigenvalue weighted by atomic mass is 35.5. The number of aromatic nitrogens is 1. The number of anilines is 1. The molecule has 2 aromatic rings. The molecule has 1 aliphatic rings.